The molecule has 1 heterocycles. The molecule has 1 aromatic carbocycles. The van der Waals surface area contributed by atoms with Crippen molar-refractivity contribution in [2.75, 3.05) is 13.7 Å². The zero-order valence-electron chi connectivity index (χ0n) is 9.80. The molecule has 1 fully saturated rings. The number of benzene rings is 1. The standard InChI is InChI=1S/C13H16O4/c1-15-13-11(8-5-9-16-13)17-12(14)10-6-3-2-4-7-10/h2-4,6-7,11,13H,5,8-9H2,1H3/t11-,13+/m0/s1. The first kappa shape index (κ1) is 12.1. The molecule has 0 amide bonds. The van der Waals surface area contributed by atoms with Crippen LogP contribution in [0.15, 0.2) is 30.3 Å². The summed E-state index contributed by atoms with van der Waals surface area (Å²) in [5.41, 5.74) is 0.549. The van der Waals surface area contributed by atoms with Crippen molar-refractivity contribution in [3.63, 3.8) is 0 Å². The van der Waals surface area contributed by atoms with E-state index in [0.29, 0.717) is 12.2 Å². The second-order valence-corrected chi connectivity index (χ2v) is 3.93. The quantitative estimate of drug-likeness (QED) is 0.753. The van der Waals surface area contributed by atoms with Crippen LogP contribution in [0.5, 0.6) is 0 Å². The van der Waals surface area contributed by atoms with Crippen LogP contribution >= 0.6 is 0 Å². The van der Waals surface area contributed by atoms with E-state index >= 15 is 0 Å². The first-order chi connectivity index (χ1) is 8.31. The fourth-order valence-corrected chi connectivity index (χ4v) is 1.84. The van der Waals surface area contributed by atoms with Gasteiger partial charge in [-0.25, -0.2) is 4.79 Å². The largest absolute Gasteiger partial charge is 0.453 e. The van der Waals surface area contributed by atoms with Gasteiger partial charge in [0.15, 0.2) is 12.4 Å². The summed E-state index contributed by atoms with van der Waals surface area (Å²) >= 11 is 0. The topological polar surface area (TPSA) is 44.8 Å². The van der Waals surface area contributed by atoms with Gasteiger partial charge in [-0.2, -0.15) is 0 Å². The molecule has 2 atom stereocenters. The number of carbonyl (C=O) groups excluding carboxylic acids is 1. The molecule has 1 aliphatic heterocycles. The second-order valence-electron chi connectivity index (χ2n) is 3.93. The minimum Gasteiger partial charge on any atom is -0.453 e. The first-order valence-corrected chi connectivity index (χ1v) is 5.71. The summed E-state index contributed by atoms with van der Waals surface area (Å²) in [6.45, 7) is 0.651. The summed E-state index contributed by atoms with van der Waals surface area (Å²) in [5.74, 6) is -0.330. The van der Waals surface area contributed by atoms with Gasteiger partial charge in [0.1, 0.15) is 0 Å². The lowest BCUT2D eigenvalue weighted by atomic mass is 10.1. The Hall–Kier alpha value is -1.39. The molecular weight excluding hydrogens is 220 g/mol. The maximum Gasteiger partial charge on any atom is 0.338 e. The van der Waals surface area contributed by atoms with Gasteiger partial charge in [0, 0.05) is 7.11 Å². The van der Waals surface area contributed by atoms with Gasteiger partial charge < -0.3 is 14.2 Å². The third-order valence-electron chi connectivity index (χ3n) is 2.72. The number of carbonyl (C=O) groups is 1. The summed E-state index contributed by atoms with van der Waals surface area (Å²) in [4.78, 5) is 11.8. The predicted molar refractivity (Wildman–Crippen MR) is 61.6 cm³/mol. The number of esters is 1. The van der Waals surface area contributed by atoms with Gasteiger partial charge in [0.25, 0.3) is 0 Å². The average molecular weight is 236 g/mol. The fourth-order valence-electron chi connectivity index (χ4n) is 1.84. The number of methoxy groups -OCH3 is 1. The Morgan fingerprint density at radius 1 is 1.35 bits per heavy atom. The summed E-state index contributed by atoms with van der Waals surface area (Å²) in [5, 5.41) is 0. The summed E-state index contributed by atoms with van der Waals surface area (Å²) in [7, 11) is 1.55. The van der Waals surface area contributed by atoms with E-state index in [4.69, 9.17) is 14.2 Å². The average Bonchev–Trinajstić information content (AvgIpc) is 2.40. The van der Waals surface area contributed by atoms with Gasteiger partial charge in [0.05, 0.1) is 12.2 Å². The summed E-state index contributed by atoms with van der Waals surface area (Å²) in [6.07, 6.45) is 0.891. The van der Waals surface area contributed by atoms with E-state index in [2.05, 4.69) is 0 Å². The molecular formula is C13H16O4. The predicted octanol–water partition coefficient (Wildman–Crippen LogP) is 1.99. The van der Waals surface area contributed by atoms with E-state index in [1.807, 2.05) is 18.2 Å². The van der Waals surface area contributed by atoms with Crippen LogP contribution < -0.4 is 0 Å². The maximum atomic E-state index is 11.8. The maximum absolute atomic E-state index is 11.8. The Bertz CT molecular complexity index is 363. The number of rotatable bonds is 3. The van der Waals surface area contributed by atoms with Gasteiger partial charge in [0.2, 0.25) is 0 Å². The SMILES string of the molecule is CO[C@@H]1OCCC[C@@H]1OC(=O)c1ccccc1. The van der Waals surface area contributed by atoms with Crippen LogP contribution in [0.1, 0.15) is 23.2 Å². The lowest BCUT2D eigenvalue weighted by Gasteiger charge is -2.29. The van der Waals surface area contributed by atoms with Gasteiger partial charge >= 0.3 is 5.97 Å². The highest BCUT2D eigenvalue weighted by atomic mass is 16.7. The molecule has 1 aromatic rings. The lowest BCUT2D eigenvalue weighted by Crippen LogP contribution is -2.38. The normalized spacial score (nSPS) is 24.3. The van der Waals surface area contributed by atoms with E-state index in [9.17, 15) is 4.79 Å². The van der Waals surface area contributed by atoms with Crippen LogP contribution in [-0.2, 0) is 14.2 Å². The summed E-state index contributed by atoms with van der Waals surface area (Å²) in [6, 6.07) is 8.93. The van der Waals surface area contributed by atoms with E-state index < -0.39 is 6.29 Å². The van der Waals surface area contributed by atoms with Gasteiger partial charge in [-0.15, -0.1) is 0 Å². The molecule has 0 saturated carbocycles. The van der Waals surface area contributed by atoms with Crippen molar-refractivity contribution in [3.05, 3.63) is 35.9 Å². The van der Waals surface area contributed by atoms with Crippen LogP contribution in [0, 0.1) is 0 Å². The number of hydrogen-bond donors (Lipinski definition) is 0. The van der Waals surface area contributed by atoms with Crippen LogP contribution in [-0.4, -0.2) is 32.1 Å². The number of ether oxygens (including phenoxy) is 3. The molecule has 0 N–H and O–H groups in total. The van der Waals surface area contributed by atoms with Gasteiger partial charge in [-0.3, -0.25) is 0 Å². The molecule has 92 valence electrons. The van der Waals surface area contributed by atoms with E-state index in [1.165, 1.54) is 0 Å². The smallest absolute Gasteiger partial charge is 0.338 e. The monoisotopic (exact) mass is 236 g/mol. The first-order valence-electron chi connectivity index (χ1n) is 5.71. The Balaban J connectivity index is 1.98. The molecule has 4 heteroatoms. The fraction of sp³-hybridized carbons (Fsp3) is 0.462. The van der Waals surface area contributed by atoms with Gasteiger partial charge in [-0.05, 0) is 25.0 Å². The van der Waals surface area contributed by atoms with Crippen molar-refractivity contribution >= 4 is 5.97 Å². The highest BCUT2D eigenvalue weighted by Crippen LogP contribution is 2.19. The van der Waals surface area contributed by atoms with Crippen molar-refractivity contribution in [3.8, 4) is 0 Å². The molecule has 0 bridgehead atoms. The zero-order chi connectivity index (χ0) is 12.1. The highest BCUT2D eigenvalue weighted by Gasteiger charge is 2.29. The van der Waals surface area contributed by atoms with Crippen molar-refractivity contribution in [2.45, 2.75) is 25.2 Å². The molecule has 0 unspecified atom stereocenters. The Morgan fingerprint density at radius 3 is 2.82 bits per heavy atom. The van der Waals surface area contributed by atoms with Gasteiger partial charge in [-0.1, -0.05) is 18.2 Å². The van der Waals surface area contributed by atoms with Crippen molar-refractivity contribution in [1.82, 2.24) is 0 Å². The van der Waals surface area contributed by atoms with Crippen molar-refractivity contribution < 1.29 is 19.0 Å². The minimum atomic E-state index is -0.448. The molecule has 2 rings (SSSR count). The molecule has 1 aliphatic rings. The third kappa shape index (κ3) is 3.05. The molecule has 0 radical (unpaired) electrons. The Labute approximate surface area is 100 Å². The van der Waals surface area contributed by atoms with Crippen molar-refractivity contribution in [2.24, 2.45) is 0 Å². The van der Waals surface area contributed by atoms with Crippen LogP contribution in [0.3, 0.4) is 0 Å². The molecule has 0 spiro atoms. The zero-order valence-corrected chi connectivity index (χ0v) is 9.80. The lowest BCUT2D eigenvalue weighted by molar-refractivity contribution is -0.201. The highest BCUT2D eigenvalue weighted by molar-refractivity contribution is 5.89. The molecule has 0 aromatic heterocycles. The van der Waals surface area contributed by atoms with E-state index in [1.54, 1.807) is 19.2 Å². The molecule has 1 saturated heterocycles. The minimum absolute atomic E-state index is 0.318. The van der Waals surface area contributed by atoms with Crippen molar-refractivity contribution in [1.29, 1.82) is 0 Å². The van der Waals surface area contributed by atoms with E-state index in [0.717, 1.165) is 12.8 Å². The summed E-state index contributed by atoms with van der Waals surface area (Å²) < 4.78 is 15.9. The van der Waals surface area contributed by atoms with E-state index in [-0.39, 0.29) is 12.1 Å². The number of hydrogen-bond acceptors (Lipinski definition) is 4. The molecule has 0 aliphatic carbocycles. The Kier molecular flexibility index (Phi) is 4.12. The van der Waals surface area contributed by atoms with Crippen LogP contribution in [0.25, 0.3) is 0 Å². The Morgan fingerprint density at radius 2 is 2.12 bits per heavy atom. The second kappa shape index (κ2) is 5.80. The molecule has 17 heavy (non-hydrogen) atoms. The third-order valence-corrected chi connectivity index (χ3v) is 2.72. The van der Waals surface area contributed by atoms with Crippen LogP contribution in [0.4, 0.5) is 0 Å². The molecule has 4 nitrogen and oxygen atoms in total. The van der Waals surface area contributed by atoms with Crippen LogP contribution in [0.2, 0.25) is 0 Å².